The number of carbonyl (C=O) groups is 2. The molecule has 0 aliphatic heterocycles. The lowest BCUT2D eigenvalue weighted by molar-refractivity contribution is -0.127. The van der Waals surface area contributed by atoms with Gasteiger partial charge in [0.2, 0.25) is 5.91 Å². The largest absolute Gasteiger partial charge is 0.395 e. The van der Waals surface area contributed by atoms with Crippen molar-refractivity contribution in [3.8, 4) is 0 Å². The summed E-state index contributed by atoms with van der Waals surface area (Å²) in [5.41, 5.74) is 0.729. The highest BCUT2D eigenvalue weighted by Crippen LogP contribution is 1.91. The molecule has 0 radical (unpaired) electrons. The van der Waals surface area contributed by atoms with Crippen LogP contribution in [0.5, 0.6) is 0 Å². The maximum absolute atomic E-state index is 10.3. The van der Waals surface area contributed by atoms with E-state index in [2.05, 4.69) is 0 Å². The molecule has 0 bridgehead atoms. The second kappa shape index (κ2) is 8.61. The van der Waals surface area contributed by atoms with Gasteiger partial charge < -0.3 is 10.0 Å². The van der Waals surface area contributed by atoms with Crippen molar-refractivity contribution >= 4 is 12.2 Å². The van der Waals surface area contributed by atoms with Crippen LogP contribution in [0.3, 0.4) is 0 Å². The van der Waals surface area contributed by atoms with Gasteiger partial charge in [-0.1, -0.05) is 30.3 Å². The molecule has 0 unspecified atom stereocenters. The number of aldehydes is 1. The Labute approximate surface area is 95.5 Å². The van der Waals surface area contributed by atoms with Gasteiger partial charge in [0.15, 0.2) is 0 Å². The van der Waals surface area contributed by atoms with Crippen molar-refractivity contribution in [1.82, 2.24) is 4.90 Å². The summed E-state index contributed by atoms with van der Waals surface area (Å²) in [7, 11) is 1.65. The van der Waals surface area contributed by atoms with Crippen LogP contribution in [0.4, 0.5) is 0 Å². The molecular weight excluding hydrogens is 206 g/mol. The van der Waals surface area contributed by atoms with Gasteiger partial charge in [-0.15, -0.1) is 0 Å². The average molecular weight is 223 g/mol. The van der Waals surface area contributed by atoms with Crippen LogP contribution in [0.15, 0.2) is 30.3 Å². The number of hydrogen-bond acceptors (Lipinski definition) is 3. The van der Waals surface area contributed by atoms with E-state index in [1.54, 1.807) is 19.2 Å². The van der Waals surface area contributed by atoms with E-state index >= 15 is 0 Å². The summed E-state index contributed by atoms with van der Waals surface area (Å²) in [4.78, 5) is 21.8. The lowest BCUT2D eigenvalue weighted by Gasteiger charge is -2.11. The minimum Gasteiger partial charge on any atom is -0.395 e. The smallest absolute Gasteiger partial charge is 0.219 e. The van der Waals surface area contributed by atoms with Crippen molar-refractivity contribution in [1.29, 1.82) is 0 Å². The highest BCUT2D eigenvalue weighted by molar-refractivity contribution is 5.74. The van der Waals surface area contributed by atoms with Gasteiger partial charge in [-0.3, -0.25) is 9.59 Å². The Bertz CT molecular complexity index is 311. The Morgan fingerprint density at radius 1 is 1.38 bits per heavy atom. The number of aliphatic hydroxyl groups is 1. The van der Waals surface area contributed by atoms with E-state index in [0.717, 1.165) is 11.8 Å². The molecule has 1 aromatic rings. The number of amides is 1. The van der Waals surface area contributed by atoms with E-state index in [1.165, 1.54) is 11.8 Å². The number of rotatable bonds is 3. The summed E-state index contributed by atoms with van der Waals surface area (Å²) in [5.74, 6) is -0.0148. The van der Waals surface area contributed by atoms with Crippen LogP contribution in [-0.4, -0.2) is 42.4 Å². The Balaban J connectivity index is 0.000000281. The molecule has 0 saturated carbocycles. The first-order chi connectivity index (χ1) is 7.61. The molecule has 0 fully saturated rings. The third kappa shape index (κ3) is 6.73. The first-order valence-corrected chi connectivity index (χ1v) is 4.94. The monoisotopic (exact) mass is 223 g/mol. The fraction of sp³-hybridized carbons (Fsp3) is 0.333. The molecule has 4 nitrogen and oxygen atoms in total. The topological polar surface area (TPSA) is 57.6 Å². The predicted molar refractivity (Wildman–Crippen MR) is 62.2 cm³/mol. The van der Waals surface area contributed by atoms with Crippen molar-refractivity contribution in [2.45, 2.75) is 6.92 Å². The molecule has 88 valence electrons. The van der Waals surface area contributed by atoms with Crippen LogP contribution in [0.2, 0.25) is 0 Å². The first kappa shape index (κ1) is 14.3. The third-order valence-corrected chi connectivity index (χ3v) is 1.91. The highest BCUT2D eigenvalue weighted by atomic mass is 16.3. The van der Waals surface area contributed by atoms with Gasteiger partial charge in [0.25, 0.3) is 0 Å². The Kier molecular flexibility index (Phi) is 7.71. The zero-order valence-electron chi connectivity index (χ0n) is 9.59. The summed E-state index contributed by atoms with van der Waals surface area (Å²) in [5, 5.41) is 8.29. The van der Waals surface area contributed by atoms with Crippen molar-refractivity contribution in [3.05, 3.63) is 35.9 Å². The SMILES string of the molecule is CC(=O)N(C)CCO.O=Cc1ccccc1. The molecule has 1 N–H and O–H groups in total. The molecule has 0 aliphatic carbocycles. The van der Waals surface area contributed by atoms with E-state index in [9.17, 15) is 9.59 Å². The van der Waals surface area contributed by atoms with Crippen LogP contribution >= 0.6 is 0 Å². The van der Waals surface area contributed by atoms with Gasteiger partial charge in [0.1, 0.15) is 6.29 Å². The molecule has 0 spiro atoms. The zero-order chi connectivity index (χ0) is 12.4. The van der Waals surface area contributed by atoms with E-state index < -0.39 is 0 Å². The Morgan fingerprint density at radius 3 is 2.19 bits per heavy atom. The van der Waals surface area contributed by atoms with E-state index in [-0.39, 0.29) is 12.5 Å². The van der Waals surface area contributed by atoms with Crippen molar-refractivity contribution in [3.63, 3.8) is 0 Å². The van der Waals surface area contributed by atoms with Crippen molar-refractivity contribution in [2.24, 2.45) is 0 Å². The average Bonchev–Trinajstić information content (AvgIpc) is 2.31. The molecule has 1 amide bonds. The molecule has 16 heavy (non-hydrogen) atoms. The molecule has 0 atom stereocenters. The minimum atomic E-state index is -0.0148. The molecule has 0 saturated heterocycles. The standard InChI is InChI=1S/C7H6O.C5H11NO2/c8-6-7-4-2-1-3-5-7;1-5(8)6(2)3-4-7/h1-6H;7H,3-4H2,1-2H3. The summed E-state index contributed by atoms with van der Waals surface area (Å²) in [6.07, 6.45) is 0.833. The number of likely N-dealkylation sites (N-methyl/N-ethyl adjacent to an activating group) is 1. The second-order valence-corrected chi connectivity index (χ2v) is 3.19. The molecule has 1 aromatic carbocycles. The van der Waals surface area contributed by atoms with Crippen LogP contribution < -0.4 is 0 Å². The maximum Gasteiger partial charge on any atom is 0.219 e. The normalized spacial score (nSPS) is 8.69. The number of hydrogen-bond donors (Lipinski definition) is 1. The molecule has 1 rings (SSSR count). The van der Waals surface area contributed by atoms with Gasteiger partial charge in [-0.05, 0) is 0 Å². The van der Waals surface area contributed by atoms with Gasteiger partial charge in [0.05, 0.1) is 6.61 Å². The summed E-state index contributed by atoms with van der Waals surface area (Å²) < 4.78 is 0. The molecular formula is C12H17NO3. The summed E-state index contributed by atoms with van der Waals surface area (Å²) in [6, 6.07) is 9.10. The number of nitrogens with zero attached hydrogens (tertiary/aromatic N) is 1. The number of aliphatic hydroxyl groups excluding tert-OH is 1. The second-order valence-electron chi connectivity index (χ2n) is 3.19. The Hall–Kier alpha value is -1.68. The van der Waals surface area contributed by atoms with Gasteiger partial charge in [-0.2, -0.15) is 0 Å². The third-order valence-electron chi connectivity index (χ3n) is 1.91. The minimum absolute atomic E-state index is 0.0148. The number of benzene rings is 1. The lowest BCUT2D eigenvalue weighted by Crippen LogP contribution is -2.26. The number of carbonyl (C=O) groups excluding carboxylic acids is 2. The van der Waals surface area contributed by atoms with Crippen LogP contribution in [0.1, 0.15) is 17.3 Å². The van der Waals surface area contributed by atoms with E-state index in [4.69, 9.17) is 5.11 Å². The molecule has 0 aliphatic rings. The summed E-state index contributed by atoms with van der Waals surface area (Å²) in [6.45, 7) is 1.93. The first-order valence-electron chi connectivity index (χ1n) is 4.94. The highest BCUT2D eigenvalue weighted by Gasteiger charge is 1.97. The van der Waals surface area contributed by atoms with Crippen molar-refractivity contribution in [2.75, 3.05) is 20.2 Å². The Morgan fingerprint density at radius 2 is 1.94 bits per heavy atom. The molecule has 4 heteroatoms. The van der Waals surface area contributed by atoms with Gasteiger partial charge >= 0.3 is 0 Å². The van der Waals surface area contributed by atoms with Crippen LogP contribution in [-0.2, 0) is 4.79 Å². The van der Waals surface area contributed by atoms with Crippen LogP contribution in [0, 0.1) is 0 Å². The van der Waals surface area contributed by atoms with Gasteiger partial charge in [0, 0.05) is 26.1 Å². The fourth-order valence-corrected chi connectivity index (χ4v) is 0.839. The summed E-state index contributed by atoms with van der Waals surface area (Å²) >= 11 is 0. The quantitative estimate of drug-likeness (QED) is 0.776. The maximum atomic E-state index is 10.3. The fourth-order valence-electron chi connectivity index (χ4n) is 0.839. The van der Waals surface area contributed by atoms with E-state index in [1.807, 2.05) is 18.2 Å². The van der Waals surface area contributed by atoms with Crippen molar-refractivity contribution < 1.29 is 14.7 Å². The molecule has 0 heterocycles. The lowest BCUT2D eigenvalue weighted by atomic mass is 10.2. The zero-order valence-corrected chi connectivity index (χ0v) is 9.59. The predicted octanol–water partition coefficient (Wildman–Crippen LogP) is 0.956. The van der Waals surface area contributed by atoms with Crippen LogP contribution in [0.25, 0.3) is 0 Å². The van der Waals surface area contributed by atoms with E-state index in [0.29, 0.717) is 6.54 Å². The molecule has 0 aromatic heterocycles. The van der Waals surface area contributed by atoms with Gasteiger partial charge in [-0.25, -0.2) is 0 Å².